The second-order valence-electron chi connectivity index (χ2n) is 5.39. The Balaban J connectivity index is 2.05. The molecule has 0 aliphatic heterocycles. The predicted octanol–water partition coefficient (Wildman–Crippen LogP) is 3.46. The minimum atomic E-state index is 0.0175. The summed E-state index contributed by atoms with van der Waals surface area (Å²) in [6, 6.07) is 18.0. The Hall–Kier alpha value is -1.98. The molecule has 4 nitrogen and oxygen atoms in total. The van der Waals surface area contributed by atoms with E-state index in [2.05, 4.69) is 4.90 Å². The number of benzene rings is 2. The van der Waals surface area contributed by atoms with E-state index in [4.69, 9.17) is 0 Å². The van der Waals surface area contributed by atoms with E-state index in [1.807, 2.05) is 54.6 Å². The summed E-state index contributed by atoms with van der Waals surface area (Å²) in [5.74, 6) is 0. The van der Waals surface area contributed by atoms with Crippen LogP contribution in [0.25, 0.3) is 0 Å². The van der Waals surface area contributed by atoms with Gasteiger partial charge in [-0.25, -0.2) is 0 Å². The van der Waals surface area contributed by atoms with E-state index in [1.165, 1.54) is 11.8 Å². The van der Waals surface area contributed by atoms with Gasteiger partial charge in [0.25, 0.3) is 5.24 Å². The number of amides is 1. The van der Waals surface area contributed by atoms with Gasteiger partial charge in [-0.3, -0.25) is 4.79 Å². The van der Waals surface area contributed by atoms with Crippen LogP contribution in [0.3, 0.4) is 0 Å². The number of para-hydroxylation sites is 1. The van der Waals surface area contributed by atoms with E-state index in [9.17, 15) is 9.90 Å². The average Bonchev–Trinajstić information content (AvgIpc) is 2.57. The number of hydrogen-bond donors (Lipinski definition) is 1. The Labute approximate surface area is 141 Å². The Kier molecular flexibility index (Phi) is 6.50. The molecule has 0 unspecified atom stereocenters. The van der Waals surface area contributed by atoms with Gasteiger partial charge in [-0.1, -0.05) is 30.3 Å². The quantitative estimate of drug-likeness (QED) is 0.824. The molecule has 122 valence electrons. The van der Waals surface area contributed by atoms with Crippen LogP contribution in [0.2, 0.25) is 0 Å². The number of aliphatic hydroxyl groups excluding tert-OH is 1. The van der Waals surface area contributed by atoms with E-state index < -0.39 is 0 Å². The fraction of sp³-hybridized carbons (Fsp3) is 0.278. The molecule has 2 rings (SSSR count). The van der Waals surface area contributed by atoms with Crippen LogP contribution >= 0.6 is 11.8 Å². The van der Waals surface area contributed by atoms with E-state index in [0.717, 1.165) is 22.7 Å². The Morgan fingerprint density at radius 1 is 1.04 bits per heavy atom. The molecule has 0 saturated heterocycles. The lowest BCUT2D eigenvalue weighted by molar-refractivity contribution is 0.241. The first-order valence-electron chi connectivity index (χ1n) is 7.49. The van der Waals surface area contributed by atoms with Crippen molar-refractivity contribution in [3.05, 3.63) is 60.2 Å². The molecule has 0 aliphatic carbocycles. The molecule has 0 fully saturated rings. The molecule has 0 heterocycles. The molecular formula is C18H22N2O2S. The highest BCUT2D eigenvalue weighted by molar-refractivity contribution is 8.13. The monoisotopic (exact) mass is 330 g/mol. The van der Waals surface area contributed by atoms with Crippen molar-refractivity contribution in [2.75, 3.05) is 32.1 Å². The van der Waals surface area contributed by atoms with Gasteiger partial charge >= 0.3 is 0 Å². The lowest BCUT2D eigenvalue weighted by atomic mass is 10.2. The van der Waals surface area contributed by atoms with Gasteiger partial charge in [0.1, 0.15) is 0 Å². The highest BCUT2D eigenvalue weighted by atomic mass is 32.2. The standard InChI is InChI=1S/C18H22N2O2S/c1-19(2)18(22)23-17-10-8-15(9-11-17)14-20(12-13-21)16-6-4-3-5-7-16/h3-11,21H,12-14H2,1-2H3. The lowest BCUT2D eigenvalue weighted by Crippen LogP contribution is -2.25. The summed E-state index contributed by atoms with van der Waals surface area (Å²) in [6.45, 7) is 1.41. The van der Waals surface area contributed by atoms with Crippen molar-refractivity contribution in [2.45, 2.75) is 11.4 Å². The molecular weight excluding hydrogens is 308 g/mol. The van der Waals surface area contributed by atoms with Crippen LogP contribution in [0.4, 0.5) is 10.5 Å². The van der Waals surface area contributed by atoms with Crippen molar-refractivity contribution >= 4 is 22.7 Å². The molecule has 1 amide bonds. The minimum Gasteiger partial charge on any atom is -0.395 e. The van der Waals surface area contributed by atoms with Gasteiger partial charge in [0.05, 0.1) is 6.61 Å². The molecule has 0 aliphatic rings. The van der Waals surface area contributed by atoms with E-state index in [-0.39, 0.29) is 11.8 Å². The first-order valence-corrected chi connectivity index (χ1v) is 8.30. The molecule has 0 atom stereocenters. The Morgan fingerprint density at radius 3 is 2.26 bits per heavy atom. The first kappa shape index (κ1) is 17.4. The number of hydrogen-bond acceptors (Lipinski definition) is 4. The largest absolute Gasteiger partial charge is 0.395 e. The Morgan fingerprint density at radius 2 is 1.70 bits per heavy atom. The van der Waals surface area contributed by atoms with Crippen LogP contribution in [0.1, 0.15) is 5.56 Å². The number of nitrogens with zero attached hydrogens (tertiary/aromatic N) is 2. The van der Waals surface area contributed by atoms with Crippen molar-refractivity contribution in [3.63, 3.8) is 0 Å². The highest BCUT2D eigenvalue weighted by Crippen LogP contribution is 2.22. The van der Waals surface area contributed by atoms with E-state index in [0.29, 0.717) is 6.54 Å². The van der Waals surface area contributed by atoms with Crippen LogP contribution in [-0.2, 0) is 6.54 Å². The summed E-state index contributed by atoms with van der Waals surface area (Å²) in [5, 5.41) is 9.30. The van der Waals surface area contributed by atoms with Gasteiger partial charge in [-0.05, 0) is 41.6 Å². The number of thioether (sulfide) groups is 1. The smallest absolute Gasteiger partial charge is 0.285 e. The number of carbonyl (C=O) groups is 1. The zero-order chi connectivity index (χ0) is 16.7. The third-order valence-electron chi connectivity index (χ3n) is 3.36. The molecule has 2 aromatic rings. The molecule has 2 aromatic carbocycles. The lowest BCUT2D eigenvalue weighted by Gasteiger charge is -2.24. The fourth-order valence-corrected chi connectivity index (χ4v) is 2.79. The zero-order valence-corrected chi connectivity index (χ0v) is 14.3. The summed E-state index contributed by atoms with van der Waals surface area (Å²) in [5.41, 5.74) is 2.23. The van der Waals surface area contributed by atoms with Gasteiger partial charge in [0.15, 0.2) is 0 Å². The van der Waals surface area contributed by atoms with Crippen LogP contribution in [-0.4, -0.2) is 42.5 Å². The van der Waals surface area contributed by atoms with Gasteiger partial charge in [-0.2, -0.15) is 0 Å². The summed E-state index contributed by atoms with van der Waals surface area (Å²) in [4.78, 5) is 16.3. The Bertz CT molecular complexity index is 615. The maximum Gasteiger partial charge on any atom is 0.285 e. The van der Waals surface area contributed by atoms with Crippen LogP contribution in [0.5, 0.6) is 0 Å². The molecule has 0 aromatic heterocycles. The first-order chi connectivity index (χ1) is 11.1. The third kappa shape index (κ3) is 5.30. The van der Waals surface area contributed by atoms with Crippen molar-refractivity contribution in [1.82, 2.24) is 4.90 Å². The van der Waals surface area contributed by atoms with Crippen molar-refractivity contribution in [1.29, 1.82) is 0 Å². The van der Waals surface area contributed by atoms with Crippen molar-refractivity contribution < 1.29 is 9.90 Å². The topological polar surface area (TPSA) is 43.8 Å². The fourth-order valence-electron chi connectivity index (χ4n) is 2.13. The number of carbonyl (C=O) groups excluding carboxylic acids is 1. The SMILES string of the molecule is CN(C)C(=O)Sc1ccc(CN(CCO)c2ccccc2)cc1. The van der Waals surface area contributed by atoms with Crippen molar-refractivity contribution in [3.8, 4) is 0 Å². The van der Waals surface area contributed by atoms with Gasteiger partial charge < -0.3 is 14.9 Å². The van der Waals surface area contributed by atoms with E-state index >= 15 is 0 Å². The summed E-state index contributed by atoms with van der Waals surface area (Å²) in [7, 11) is 3.49. The van der Waals surface area contributed by atoms with Crippen LogP contribution < -0.4 is 4.90 Å². The molecule has 0 spiro atoms. The number of anilines is 1. The molecule has 0 bridgehead atoms. The predicted molar refractivity (Wildman–Crippen MR) is 96.0 cm³/mol. The maximum absolute atomic E-state index is 11.7. The minimum absolute atomic E-state index is 0.0175. The van der Waals surface area contributed by atoms with E-state index in [1.54, 1.807) is 19.0 Å². The van der Waals surface area contributed by atoms with Crippen molar-refractivity contribution in [2.24, 2.45) is 0 Å². The van der Waals surface area contributed by atoms with Crippen LogP contribution in [0, 0.1) is 0 Å². The third-order valence-corrected chi connectivity index (χ3v) is 4.41. The summed E-state index contributed by atoms with van der Waals surface area (Å²) in [6.07, 6.45) is 0. The number of rotatable bonds is 6. The van der Waals surface area contributed by atoms with Gasteiger partial charge in [0.2, 0.25) is 0 Å². The summed E-state index contributed by atoms with van der Waals surface area (Å²) >= 11 is 1.22. The number of aliphatic hydroxyl groups is 1. The molecule has 1 N–H and O–H groups in total. The summed E-state index contributed by atoms with van der Waals surface area (Å²) < 4.78 is 0. The van der Waals surface area contributed by atoms with Gasteiger partial charge in [-0.15, -0.1) is 0 Å². The molecule has 0 saturated carbocycles. The average molecular weight is 330 g/mol. The molecule has 23 heavy (non-hydrogen) atoms. The normalized spacial score (nSPS) is 10.4. The molecule has 5 heteroatoms. The second-order valence-corrected chi connectivity index (χ2v) is 6.41. The molecule has 0 radical (unpaired) electrons. The maximum atomic E-state index is 11.7. The second kappa shape index (κ2) is 8.60. The zero-order valence-electron chi connectivity index (χ0n) is 13.5. The van der Waals surface area contributed by atoms with Crippen LogP contribution in [0.15, 0.2) is 59.5 Å². The van der Waals surface area contributed by atoms with Gasteiger partial charge in [0, 0.05) is 37.8 Å². The highest BCUT2D eigenvalue weighted by Gasteiger charge is 2.09.